The van der Waals surface area contributed by atoms with Gasteiger partial charge in [0.25, 0.3) is 5.88 Å². The van der Waals surface area contributed by atoms with Gasteiger partial charge in [-0.15, -0.1) is 0 Å². The molecule has 1 saturated heterocycles. The zero-order chi connectivity index (χ0) is 9.97. The van der Waals surface area contributed by atoms with Gasteiger partial charge < -0.3 is 10.1 Å². The van der Waals surface area contributed by atoms with Crippen molar-refractivity contribution in [3.8, 4) is 5.88 Å². The highest BCUT2D eigenvalue weighted by atomic mass is 16.6. The average Bonchev–Trinajstić information content (AvgIpc) is 2.66. The minimum Gasteiger partial charge on any atom is -0.477 e. The Morgan fingerprint density at radius 3 is 3.14 bits per heavy atom. The highest BCUT2D eigenvalue weighted by Crippen LogP contribution is 2.25. The first kappa shape index (κ1) is 9.42. The van der Waals surface area contributed by atoms with Crippen molar-refractivity contribution in [3.05, 3.63) is 5.69 Å². The predicted molar refractivity (Wildman–Crippen MR) is 49.1 cm³/mol. The van der Waals surface area contributed by atoms with Gasteiger partial charge in [-0.3, -0.25) is 4.90 Å². The Hall–Kier alpha value is -1.14. The minimum atomic E-state index is 0.185. The number of hydrogen-bond donors (Lipinski definition) is 1. The van der Waals surface area contributed by atoms with Gasteiger partial charge in [-0.2, -0.15) is 0 Å². The second-order valence-corrected chi connectivity index (χ2v) is 3.36. The molecular formula is C8H14N4O2. The Morgan fingerprint density at radius 2 is 2.43 bits per heavy atom. The van der Waals surface area contributed by atoms with Gasteiger partial charge in [0.15, 0.2) is 5.69 Å². The van der Waals surface area contributed by atoms with Crippen LogP contribution < -0.4 is 10.1 Å². The van der Waals surface area contributed by atoms with Gasteiger partial charge in [-0.25, -0.2) is 4.63 Å². The summed E-state index contributed by atoms with van der Waals surface area (Å²) in [5.74, 6) is 0.477. The number of likely N-dealkylation sites (N-methyl/N-ethyl adjacent to an activating group) is 1. The first-order chi connectivity index (χ1) is 6.83. The number of methoxy groups -OCH3 is 1. The van der Waals surface area contributed by atoms with Gasteiger partial charge >= 0.3 is 0 Å². The summed E-state index contributed by atoms with van der Waals surface area (Å²) in [6.45, 7) is 2.84. The van der Waals surface area contributed by atoms with E-state index in [9.17, 15) is 0 Å². The zero-order valence-electron chi connectivity index (χ0n) is 8.36. The molecule has 1 aliphatic heterocycles. The van der Waals surface area contributed by atoms with E-state index in [0.29, 0.717) is 5.88 Å². The van der Waals surface area contributed by atoms with E-state index >= 15 is 0 Å². The van der Waals surface area contributed by atoms with Crippen molar-refractivity contribution in [1.29, 1.82) is 0 Å². The maximum Gasteiger partial charge on any atom is 0.280 e. The molecule has 2 heterocycles. The number of piperazine rings is 1. The quantitative estimate of drug-likeness (QED) is 0.701. The molecule has 0 radical (unpaired) electrons. The molecule has 6 nitrogen and oxygen atoms in total. The van der Waals surface area contributed by atoms with Crippen LogP contribution in [0.15, 0.2) is 4.63 Å². The molecule has 1 fully saturated rings. The Bertz CT molecular complexity index is 301. The van der Waals surface area contributed by atoms with Crippen LogP contribution in [0.1, 0.15) is 11.7 Å². The van der Waals surface area contributed by atoms with Crippen molar-refractivity contribution >= 4 is 0 Å². The molecule has 0 bridgehead atoms. The van der Waals surface area contributed by atoms with Crippen molar-refractivity contribution < 1.29 is 9.37 Å². The molecule has 6 heteroatoms. The molecule has 78 valence electrons. The first-order valence-corrected chi connectivity index (χ1v) is 4.60. The molecule has 0 aromatic carbocycles. The Balaban J connectivity index is 2.20. The van der Waals surface area contributed by atoms with Crippen molar-refractivity contribution in [1.82, 2.24) is 20.5 Å². The molecule has 1 N–H and O–H groups in total. The molecule has 0 saturated carbocycles. The highest BCUT2D eigenvalue weighted by Gasteiger charge is 2.27. The summed E-state index contributed by atoms with van der Waals surface area (Å²) in [5, 5.41) is 10.8. The van der Waals surface area contributed by atoms with Crippen LogP contribution in [0.25, 0.3) is 0 Å². The number of rotatable bonds is 2. The number of aromatic nitrogens is 2. The van der Waals surface area contributed by atoms with Crippen LogP contribution >= 0.6 is 0 Å². The third kappa shape index (κ3) is 1.58. The molecule has 1 atom stereocenters. The van der Waals surface area contributed by atoms with Crippen molar-refractivity contribution in [2.24, 2.45) is 0 Å². The van der Waals surface area contributed by atoms with Gasteiger partial charge in [-0.1, -0.05) is 0 Å². The average molecular weight is 198 g/mol. The lowest BCUT2D eigenvalue weighted by molar-refractivity contribution is 0.189. The molecule has 0 spiro atoms. The van der Waals surface area contributed by atoms with E-state index in [1.165, 1.54) is 0 Å². The summed E-state index contributed by atoms with van der Waals surface area (Å²) in [6, 6.07) is 0.185. The fourth-order valence-electron chi connectivity index (χ4n) is 1.64. The van der Waals surface area contributed by atoms with E-state index in [2.05, 4.69) is 32.2 Å². The molecule has 1 unspecified atom stereocenters. The molecule has 1 aromatic heterocycles. The Morgan fingerprint density at radius 1 is 1.57 bits per heavy atom. The van der Waals surface area contributed by atoms with Crippen molar-refractivity contribution in [2.45, 2.75) is 6.04 Å². The Labute approximate surface area is 82.2 Å². The number of ether oxygens (including phenoxy) is 1. The molecule has 14 heavy (non-hydrogen) atoms. The lowest BCUT2D eigenvalue weighted by Gasteiger charge is -2.31. The maximum absolute atomic E-state index is 5.07. The number of nitrogens with one attached hydrogen (secondary N) is 1. The van der Waals surface area contributed by atoms with Gasteiger partial charge in [0.2, 0.25) is 0 Å². The monoisotopic (exact) mass is 198 g/mol. The normalized spacial score (nSPS) is 23.7. The van der Waals surface area contributed by atoms with Gasteiger partial charge in [0.05, 0.1) is 13.2 Å². The van der Waals surface area contributed by atoms with E-state index in [0.717, 1.165) is 25.3 Å². The topological polar surface area (TPSA) is 63.4 Å². The molecule has 2 rings (SSSR count). The minimum absolute atomic E-state index is 0.185. The lowest BCUT2D eigenvalue weighted by Crippen LogP contribution is -2.44. The number of hydrogen-bond acceptors (Lipinski definition) is 6. The van der Waals surface area contributed by atoms with E-state index in [4.69, 9.17) is 4.74 Å². The van der Waals surface area contributed by atoms with E-state index in [1.54, 1.807) is 7.11 Å². The van der Waals surface area contributed by atoms with Crippen LogP contribution in [0.5, 0.6) is 5.88 Å². The molecule has 1 aliphatic rings. The Kier molecular flexibility index (Phi) is 2.64. The van der Waals surface area contributed by atoms with Gasteiger partial charge in [-0.05, 0) is 17.4 Å². The second-order valence-electron chi connectivity index (χ2n) is 3.36. The molecular weight excluding hydrogens is 184 g/mol. The largest absolute Gasteiger partial charge is 0.477 e. The van der Waals surface area contributed by atoms with Gasteiger partial charge in [0, 0.05) is 19.6 Å². The SMILES string of the molecule is COc1nonc1C1CNCCN1C. The third-order valence-electron chi connectivity index (χ3n) is 2.50. The molecule has 0 aliphatic carbocycles. The standard InChI is InChI=1S/C8H14N4O2/c1-12-4-3-9-5-6(12)7-8(13-2)11-14-10-7/h6,9H,3-5H2,1-2H3. The highest BCUT2D eigenvalue weighted by molar-refractivity contribution is 5.19. The molecule has 0 amide bonds. The van der Waals surface area contributed by atoms with Crippen LogP contribution in [0.4, 0.5) is 0 Å². The van der Waals surface area contributed by atoms with Crippen LogP contribution in [0, 0.1) is 0 Å². The number of nitrogens with zero attached hydrogens (tertiary/aromatic N) is 3. The van der Waals surface area contributed by atoms with Crippen LogP contribution in [0.2, 0.25) is 0 Å². The van der Waals surface area contributed by atoms with E-state index in [-0.39, 0.29) is 6.04 Å². The fourth-order valence-corrected chi connectivity index (χ4v) is 1.64. The van der Waals surface area contributed by atoms with Crippen LogP contribution in [0.3, 0.4) is 0 Å². The smallest absolute Gasteiger partial charge is 0.280 e. The summed E-state index contributed by atoms with van der Waals surface area (Å²) < 4.78 is 9.72. The fraction of sp³-hybridized carbons (Fsp3) is 0.750. The lowest BCUT2D eigenvalue weighted by atomic mass is 10.1. The molecule has 1 aromatic rings. The van der Waals surface area contributed by atoms with Gasteiger partial charge in [0.1, 0.15) is 0 Å². The summed E-state index contributed by atoms with van der Waals surface area (Å²) in [4.78, 5) is 2.21. The predicted octanol–water partition coefficient (Wildman–Crippen LogP) is -0.346. The zero-order valence-corrected chi connectivity index (χ0v) is 8.36. The van der Waals surface area contributed by atoms with Crippen molar-refractivity contribution in [3.63, 3.8) is 0 Å². The summed E-state index contributed by atoms with van der Waals surface area (Å²) in [7, 11) is 3.62. The summed E-state index contributed by atoms with van der Waals surface area (Å²) in [6.07, 6.45) is 0. The second kappa shape index (κ2) is 3.93. The van der Waals surface area contributed by atoms with E-state index < -0.39 is 0 Å². The van der Waals surface area contributed by atoms with E-state index in [1.807, 2.05) is 0 Å². The van der Waals surface area contributed by atoms with Crippen LogP contribution in [-0.4, -0.2) is 49.0 Å². The van der Waals surface area contributed by atoms with Crippen molar-refractivity contribution in [2.75, 3.05) is 33.8 Å². The third-order valence-corrected chi connectivity index (χ3v) is 2.50. The maximum atomic E-state index is 5.07. The summed E-state index contributed by atoms with van der Waals surface area (Å²) >= 11 is 0. The van der Waals surface area contributed by atoms with Crippen LogP contribution in [-0.2, 0) is 0 Å². The first-order valence-electron chi connectivity index (χ1n) is 4.60. The summed E-state index contributed by atoms with van der Waals surface area (Å²) in [5.41, 5.74) is 0.766.